The van der Waals surface area contributed by atoms with Gasteiger partial charge in [0, 0.05) is 10.9 Å². The average molecular weight is 514 g/mol. The van der Waals surface area contributed by atoms with Crippen molar-refractivity contribution in [1.29, 1.82) is 0 Å². The smallest absolute Gasteiger partial charge is 0.266 e. The Morgan fingerprint density at radius 2 is 1.65 bits per heavy atom. The van der Waals surface area contributed by atoms with Crippen LogP contribution >= 0.6 is 11.6 Å². The third-order valence-corrected chi connectivity index (χ3v) is 7.02. The SMILES string of the molecule is CCCOc1ccc(N2C(=O)[C@H]3[C@@H](ON(c4ccccc4)[C@H]3c3cc4ccccc4nc3Cl)C2=O)cc1. The second kappa shape index (κ2) is 9.50. The summed E-state index contributed by atoms with van der Waals surface area (Å²) in [5.74, 6) is -0.872. The maximum Gasteiger partial charge on any atom is 0.266 e. The average Bonchev–Trinajstić information content (AvgIpc) is 3.43. The van der Waals surface area contributed by atoms with Crippen molar-refractivity contribution in [3.05, 3.63) is 95.6 Å². The Hall–Kier alpha value is -3.94. The quantitative estimate of drug-likeness (QED) is 0.242. The Balaban J connectivity index is 1.42. The number of hydrogen-bond acceptors (Lipinski definition) is 6. The van der Waals surface area contributed by atoms with Crippen LogP contribution < -0.4 is 14.7 Å². The Labute approximate surface area is 219 Å². The number of imide groups is 1. The van der Waals surface area contributed by atoms with Gasteiger partial charge in [0.25, 0.3) is 5.91 Å². The number of pyridine rings is 1. The second-order valence-corrected chi connectivity index (χ2v) is 9.43. The van der Waals surface area contributed by atoms with Crippen molar-refractivity contribution >= 4 is 45.7 Å². The number of anilines is 2. The highest BCUT2D eigenvalue weighted by atomic mass is 35.5. The number of nitrogens with zero attached hydrogens (tertiary/aromatic N) is 3. The van der Waals surface area contributed by atoms with E-state index < -0.39 is 24.0 Å². The van der Waals surface area contributed by atoms with Gasteiger partial charge in [-0.3, -0.25) is 14.4 Å². The van der Waals surface area contributed by atoms with Gasteiger partial charge in [0.05, 0.1) is 29.5 Å². The third kappa shape index (κ3) is 4.00. The van der Waals surface area contributed by atoms with Gasteiger partial charge in [0.1, 0.15) is 16.8 Å². The van der Waals surface area contributed by atoms with Crippen LogP contribution in [0.15, 0.2) is 84.9 Å². The van der Waals surface area contributed by atoms with Crippen molar-refractivity contribution in [2.45, 2.75) is 25.5 Å². The van der Waals surface area contributed by atoms with Crippen molar-refractivity contribution in [2.75, 3.05) is 16.6 Å². The molecule has 2 amide bonds. The number of hydroxylamine groups is 1. The molecule has 0 aliphatic carbocycles. The van der Waals surface area contributed by atoms with E-state index in [1.54, 1.807) is 29.3 Å². The largest absolute Gasteiger partial charge is 0.494 e. The lowest BCUT2D eigenvalue weighted by Gasteiger charge is -2.29. The van der Waals surface area contributed by atoms with Crippen LogP contribution in [0.25, 0.3) is 10.9 Å². The fraction of sp³-hybridized carbons (Fsp3) is 0.207. The summed E-state index contributed by atoms with van der Waals surface area (Å²) in [5, 5.41) is 2.78. The summed E-state index contributed by atoms with van der Waals surface area (Å²) in [7, 11) is 0. The Morgan fingerprint density at radius 3 is 2.41 bits per heavy atom. The summed E-state index contributed by atoms with van der Waals surface area (Å²) in [5.41, 5.74) is 2.57. The van der Waals surface area contributed by atoms with E-state index in [-0.39, 0.29) is 11.1 Å². The van der Waals surface area contributed by atoms with Crippen LogP contribution in [0, 0.1) is 5.92 Å². The first-order valence-electron chi connectivity index (χ1n) is 12.2. The number of para-hydroxylation sites is 2. The molecule has 2 aliphatic rings. The number of carbonyl (C=O) groups excluding carboxylic acids is 2. The molecular weight excluding hydrogens is 490 g/mol. The molecule has 3 aromatic carbocycles. The molecule has 2 fully saturated rings. The zero-order chi connectivity index (χ0) is 25.5. The van der Waals surface area contributed by atoms with Gasteiger partial charge in [-0.05, 0) is 55.0 Å². The first kappa shape index (κ1) is 23.5. The number of carbonyl (C=O) groups is 2. The summed E-state index contributed by atoms with van der Waals surface area (Å²) in [6.07, 6.45) is -0.104. The third-order valence-electron chi connectivity index (χ3n) is 6.72. The highest BCUT2D eigenvalue weighted by Crippen LogP contribution is 2.49. The molecule has 7 nitrogen and oxygen atoms in total. The highest BCUT2D eigenvalue weighted by Gasteiger charge is 2.60. The van der Waals surface area contributed by atoms with Crippen molar-refractivity contribution in [2.24, 2.45) is 5.92 Å². The Morgan fingerprint density at radius 1 is 0.919 bits per heavy atom. The topological polar surface area (TPSA) is 72.0 Å². The number of hydrogen-bond donors (Lipinski definition) is 0. The summed E-state index contributed by atoms with van der Waals surface area (Å²) in [6, 6.07) is 25.3. The molecule has 3 heterocycles. The van der Waals surface area contributed by atoms with Gasteiger partial charge in [-0.25, -0.2) is 14.9 Å². The zero-order valence-electron chi connectivity index (χ0n) is 20.1. The fourth-order valence-electron chi connectivity index (χ4n) is 5.01. The molecular formula is C29H24ClN3O4. The van der Waals surface area contributed by atoms with E-state index in [0.29, 0.717) is 23.6 Å². The summed E-state index contributed by atoms with van der Waals surface area (Å²) < 4.78 is 5.65. The molecule has 186 valence electrons. The van der Waals surface area contributed by atoms with Crippen LogP contribution in [0.2, 0.25) is 5.15 Å². The maximum absolute atomic E-state index is 13.9. The minimum atomic E-state index is -0.990. The molecule has 0 N–H and O–H groups in total. The van der Waals surface area contributed by atoms with E-state index in [1.165, 1.54) is 4.90 Å². The molecule has 8 heteroatoms. The van der Waals surface area contributed by atoms with Crippen molar-refractivity contribution in [3.63, 3.8) is 0 Å². The monoisotopic (exact) mass is 513 g/mol. The van der Waals surface area contributed by atoms with Crippen LogP contribution in [0.1, 0.15) is 24.9 Å². The predicted octanol–water partition coefficient (Wildman–Crippen LogP) is 5.73. The minimum Gasteiger partial charge on any atom is -0.494 e. The summed E-state index contributed by atoms with van der Waals surface area (Å²) in [4.78, 5) is 39.5. The van der Waals surface area contributed by atoms with Crippen molar-refractivity contribution in [1.82, 2.24) is 4.98 Å². The molecule has 0 bridgehead atoms. The van der Waals surface area contributed by atoms with E-state index in [9.17, 15) is 9.59 Å². The standard InChI is InChI=1S/C29H24ClN3O4/c1-2-16-36-21-14-12-19(13-15-21)32-28(34)24-25(22-17-18-8-6-7-11-23(18)31-27(22)30)33(37-26(24)29(32)35)20-9-4-3-5-10-20/h3-15,17,24-26H,2,16H2,1H3/t24-,25+,26-/m1/s1. The van der Waals surface area contributed by atoms with Crippen LogP contribution in [0.5, 0.6) is 5.75 Å². The van der Waals surface area contributed by atoms with E-state index in [1.807, 2.05) is 67.6 Å². The number of amides is 2. The van der Waals surface area contributed by atoms with Gasteiger partial charge in [0.15, 0.2) is 6.10 Å². The van der Waals surface area contributed by atoms with Gasteiger partial charge < -0.3 is 4.74 Å². The molecule has 4 aromatic rings. The van der Waals surface area contributed by atoms with Gasteiger partial charge in [-0.2, -0.15) is 0 Å². The molecule has 2 saturated heterocycles. The first-order valence-corrected chi connectivity index (χ1v) is 12.6. The van der Waals surface area contributed by atoms with Gasteiger partial charge >= 0.3 is 0 Å². The predicted molar refractivity (Wildman–Crippen MR) is 141 cm³/mol. The highest BCUT2D eigenvalue weighted by molar-refractivity contribution is 6.31. The lowest BCUT2D eigenvalue weighted by molar-refractivity contribution is -0.126. The molecule has 0 radical (unpaired) electrons. The Bertz CT molecular complexity index is 1480. The lowest BCUT2D eigenvalue weighted by Crippen LogP contribution is -2.37. The normalized spacial score (nSPS) is 21.1. The van der Waals surface area contributed by atoms with Crippen molar-refractivity contribution < 1.29 is 19.2 Å². The summed E-state index contributed by atoms with van der Waals surface area (Å²) >= 11 is 6.71. The fourth-order valence-corrected chi connectivity index (χ4v) is 5.27. The molecule has 37 heavy (non-hydrogen) atoms. The van der Waals surface area contributed by atoms with E-state index >= 15 is 0 Å². The van der Waals surface area contributed by atoms with Gasteiger partial charge in [0.2, 0.25) is 5.91 Å². The van der Waals surface area contributed by atoms with Gasteiger partial charge in [-0.15, -0.1) is 0 Å². The van der Waals surface area contributed by atoms with Crippen LogP contribution in [0.4, 0.5) is 11.4 Å². The maximum atomic E-state index is 13.9. The van der Waals surface area contributed by atoms with E-state index in [0.717, 1.165) is 23.0 Å². The number of rotatable bonds is 6. The molecule has 0 unspecified atom stereocenters. The van der Waals surface area contributed by atoms with Gasteiger partial charge in [-0.1, -0.05) is 54.9 Å². The Kier molecular flexibility index (Phi) is 6.02. The molecule has 2 aliphatic heterocycles. The van der Waals surface area contributed by atoms with Crippen LogP contribution in [-0.2, 0) is 14.4 Å². The second-order valence-electron chi connectivity index (χ2n) is 9.07. The lowest BCUT2D eigenvalue weighted by atomic mass is 9.90. The number of benzene rings is 3. The molecule has 3 atom stereocenters. The number of halogens is 1. The van der Waals surface area contributed by atoms with Crippen LogP contribution in [0.3, 0.4) is 0 Å². The number of ether oxygens (including phenoxy) is 1. The molecule has 6 rings (SSSR count). The molecule has 0 saturated carbocycles. The molecule has 0 spiro atoms. The molecule has 1 aromatic heterocycles. The van der Waals surface area contributed by atoms with Crippen molar-refractivity contribution in [3.8, 4) is 5.75 Å². The van der Waals surface area contributed by atoms with E-state index in [4.69, 9.17) is 21.2 Å². The minimum absolute atomic E-state index is 0.269. The number of aromatic nitrogens is 1. The number of fused-ring (bicyclic) bond motifs is 2. The first-order chi connectivity index (χ1) is 18.1. The zero-order valence-corrected chi connectivity index (χ0v) is 20.8. The van der Waals surface area contributed by atoms with Crippen LogP contribution in [-0.4, -0.2) is 29.5 Å². The summed E-state index contributed by atoms with van der Waals surface area (Å²) in [6.45, 7) is 2.62. The van der Waals surface area contributed by atoms with E-state index in [2.05, 4.69) is 4.98 Å².